The van der Waals surface area contributed by atoms with E-state index in [2.05, 4.69) is 31.0 Å². The summed E-state index contributed by atoms with van der Waals surface area (Å²) in [5, 5.41) is 3.30. The van der Waals surface area contributed by atoms with Crippen LogP contribution in [0.3, 0.4) is 0 Å². The molecule has 0 aromatic carbocycles. The number of rotatable bonds is 4. The Morgan fingerprint density at radius 1 is 1.20 bits per heavy atom. The fraction of sp³-hybridized carbons (Fsp3) is 0.950. The van der Waals surface area contributed by atoms with Gasteiger partial charge in [-0.1, -0.05) is 0 Å². The Morgan fingerprint density at radius 2 is 1.80 bits per heavy atom. The topological polar surface area (TPSA) is 41.6 Å². The van der Waals surface area contributed by atoms with Crippen LogP contribution in [0.5, 0.6) is 0 Å². The van der Waals surface area contributed by atoms with Crippen molar-refractivity contribution in [3.8, 4) is 0 Å². The first kappa shape index (κ1) is 18.1. The van der Waals surface area contributed by atoms with Gasteiger partial charge in [-0.05, 0) is 71.1 Å². The first-order valence-corrected chi connectivity index (χ1v) is 10.5. The van der Waals surface area contributed by atoms with Gasteiger partial charge in [-0.3, -0.25) is 9.69 Å². The molecule has 25 heavy (non-hydrogen) atoms. The average Bonchev–Trinajstić information content (AvgIpc) is 2.48. The van der Waals surface area contributed by atoms with Gasteiger partial charge in [0, 0.05) is 30.6 Å². The lowest BCUT2D eigenvalue weighted by molar-refractivity contribution is -0.145. The Labute approximate surface area is 157 Å². The standard InChI is InChI=1S/C20H33ClN2O2/c1-13(23-10-14(2)25-15(3)11-23)9-22-18(24)19-5-16-4-17(6-19)8-20(21,7-16)12-19/h13-17H,4-12H2,1-3H3,(H,22,24)/t13-,14+,15+,16+,17+,19?,20?/m0/s1. The number of halogens is 1. The van der Waals surface area contributed by atoms with Crippen molar-refractivity contribution in [1.29, 1.82) is 0 Å². The molecule has 5 fully saturated rings. The van der Waals surface area contributed by atoms with E-state index in [0.29, 0.717) is 17.9 Å². The van der Waals surface area contributed by atoms with Crippen molar-refractivity contribution in [2.24, 2.45) is 17.3 Å². The van der Waals surface area contributed by atoms with Crippen molar-refractivity contribution >= 4 is 17.5 Å². The van der Waals surface area contributed by atoms with Crippen molar-refractivity contribution in [1.82, 2.24) is 10.2 Å². The number of nitrogens with zero attached hydrogens (tertiary/aromatic N) is 1. The minimum absolute atomic E-state index is 0.0951. The average molecular weight is 369 g/mol. The molecule has 4 bridgehead atoms. The van der Waals surface area contributed by atoms with Crippen molar-refractivity contribution in [2.45, 2.75) is 82.4 Å². The van der Waals surface area contributed by atoms with E-state index in [1.54, 1.807) is 0 Å². The highest BCUT2D eigenvalue weighted by molar-refractivity contribution is 6.24. The third-order valence-corrected chi connectivity index (χ3v) is 7.54. The Kier molecular flexibility index (Phi) is 4.61. The molecule has 0 unspecified atom stereocenters. The van der Waals surface area contributed by atoms with Crippen LogP contribution in [0.4, 0.5) is 0 Å². The first-order valence-electron chi connectivity index (χ1n) is 10.1. The second kappa shape index (κ2) is 6.38. The highest BCUT2D eigenvalue weighted by atomic mass is 35.5. The summed E-state index contributed by atoms with van der Waals surface area (Å²) >= 11 is 6.88. The Morgan fingerprint density at radius 3 is 2.36 bits per heavy atom. The smallest absolute Gasteiger partial charge is 0.226 e. The summed E-state index contributed by atoms with van der Waals surface area (Å²) in [6, 6.07) is 0.344. The minimum atomic E-state index is -0.183. The van der Waals surface area contributed by atoms with Crippen LogP contribution in [-0.4, -0.2) is 53.6 Å². The second-order valence-corrected chi connectivity index (χ2v) is 10.5. The summed E-state index contributed by atoms with van der Waals surface area (Å²) in [5.74, 6) is 1.61. The van der Waals surface area contributed by atoms with E-state index in [4.69, 9.17) is 16.3 Å². The van der Waals surface area contributed by atoms with Crippen molar-refractivity contribution in [3.63, 3.8) is 0 Å². The molecule has 0 spiro atoms. The molecular weight excluding hydrogens is 336 g/mol. The number of hydrogen-bond donors (Lipinski definition) is 1. The van der Waals surface area contributed by atoms with Crippen LogP contribution < -0.4 is 5.32 Å². The van der Waals surface area contributed by atoms with Crippen LogP contribution >= 0.6 is 11.6 Å². The van der Waals surface area contributed by atoms with Crippen LogP contribution in [0.2, 0.25) is 0 Å². The molecule has 1 saturated heterocycles. The van der Waals surface area contributed by atoms with E-state index in [1.807, 2.05) is 0 Å². The molecule has 5 atom stereocenters. The summed E-state index contributed by atoms with van der Waals surface area (Å²) in [6.45, 7) is 9.09. The summed E-state index contributed by atoms with van der Waals surface area (Å²) in [7, 11) is 0. The number of carbonyl (C=O) groups excluding carboxylic acids is 1. The predicted octanol–water partition coefficient (Wildman–Crippen LogP) is 3.18. The van der Waals surface area contributed by atoms with Crippen LogP contribution in [0.1, 0.15) is 59.3 Å². The lowest BCUT2D eigenvalue weighted by atomic mass is 9.49. The molecule has 1 N–H and O–H groups in total. The van der Waals surface area contributed by atoms with Crippen LogP contribution in [0, 0.1) is 17.3 Å². The summed E-state index contributed by atoms with van der Waals surface area (Å²) in [6.07, 6.45) is 7.08. The number of amides is 1. The van der Waals surface area contributed by atoms with Gasteiger partial charge in [0.2, 0.25) is 5.91 Å². The molecule has 1 aliphatic heterocycles. The van der Waals surface area contributed by atoms with E-state index in [1.165, 1.54) is 6.42 Å². The maximum atomic E-state index is 13.1. The summed E-state index contributed by atoms with van der Waals surface area (Å²) < 4.78 is 5.82. The van der Waals surface area contributed by atoms with Crippen LogP contribution in [-0.2, 0) is 9.53 Å². The molecule has 0 aromatic rings. The van der Waals surface area contributed by atoms with Gasteiger partial charge >= 0.3 is 0 Å². The molecule has 142 valence electrons. The highest BCUT2D eigenvalue weighted by Gasteiger charge is 2.60. The maximum absolute atomic E-state index is 13.1. The lowest BCUT2D eigenvalue weighted by Gasteiger charge is -2.59. The Balaban J connectivity index is 1.36. The number of carbonyl (C=O) groups is 1. The van der Waals surface area contributed by atoms with Gasteiger partial charge in [0.05, 0.1) is 17.6 Å². The zero-order valence-electron chi connectivity index (χ0n) is 15.9. The summed E-state index contributed by atoms with van der Waals surface area (Å²) in [5.41, 5.74) is -0.183. The molecule has 0 aromatic heterocycles. The SMILES string of the molecule is C[C@@H]1CN([C@@H](C)CNC(=O)C23C[C@H]4C[C@@H](CC(Cl)(C4)C2)C3)C[C@@H](C)O1. The summed E-state index contributed by atoms with van der Waals surface area (Å²) in [4.78, 5) is 15.5. The minimum Gasteiger partial charge on any atom is -0.373 e. The molecule has 0 radical (unpaired) electrons. The van der Waals surface area contributed by atoms with Gasteiger partial charge in [-0.25, -0.2) is 0 Å². The zero-order valence-corrected chi connectivity index (χ0v) is 16.6. The molecule has 1 amide bonds. The number of hydrogen-bond acceptors (Lipinski definition) is 3. The maximum Gasteiger partial charge on any atom is 0.226 e. The van der Waals surface area contributed by atoms with Gasteiger partial charge in [0.25, 0.3) is 0 Å². The monoisotopic (exact) mass is 368 g/mol. The van der Waals surface area contributed by atoms with E-state index in [0.717, 1.165) is 51.7 Å². The second-order valence-electron chi connectivity index (χ2n) is 9.66. The quantitative estimate of drug-likeness (QED) is 0.775. The molecule has 5 heteroatoms. The predicted molar refractivity (Wildman–Crippen MR) is 99.8 cm³/mol. The van der Waals surface area contributed by atoms with Gasteiger partial charge in [-0.15, -0.1) is 11.6 Å². The van der Waals surface area contributed by atoms with Crippen molar-refractivity contribution in [2.75, 3.05) is 19.6 Å². The van der Waals surface area contributed by atoms with Gasteiger partial charge in [-0.2, -0.15) is 0 Å². The molecule has 1 heterocycles. The fourth-order valence-electron chi connectivity index (χ4n) is 6.55. The van der Waals surface area contributed by atoms with E-state index in [-0.39, 0.29) is 28.4 Å². The van der Waals surface area contributed by atoms with Gasteiger partial charge < -0.3 is 10.1 Å². The Bertz CT molecular complexity index is 516. The third kappa shape index (κ3) is 3.46. The normalized spacial score (nSPS) is 47.7. The van der Waals surface area contributed by atoms with Crippen LogP contribution in [0.25, 0.3) is 0 Å². The van der Waals surface area contributed by atoms with E-state index in [9.17, 15) is 4.79 Å². The Hall–Kier alpha value is -0.320. The van der Waals surface area contributed by atoms with Gasteiger partial charge in [0.15, 0.2) is 0 Å². The fourth-order valence-corrected chi connectivity index (χ4v) is 7.24. The lowest BCUT2D eigenvalue weighted by Crippen LogP contribution is -2.59. The number of ether oxygens (including phenoxy) is 1. The number of alkyl halides is 1. The van der Waals surface area contributed by atoms with E-state index < -0.39 is 0 Å². The molecule has 5 aliphatic rings. The largest absolute Gasteiger partial charge is 0.373 e. The molecule has 4 nitrogen and oxygen atoms in total. The number of morpholine rings is 1. The molecular formula is C20H33ClN2O2. The highest BCUT2D eigenvalue weighted by Crippen LogP contribution is 2.63. The molecule has 4 saturated carbocycles. The van der Waals surface area contributed by atoms with Crippen LogP contribution in [0.15, 0.2) is 0 Å². The number of nitrogens with one attached hydrogen (secondary N) is 1. The van der Waals surface area contributed by atoms with Crippen molar-refractivity contribution in [3.05, 3.63) is 0 Å². The molecule has 5 rings (SSSR count). The van der Waals surface area contributed by atoms with E-state index >= 15 is 0 Å². The third-order valence-electron chi connectivity index (χ3n) is 7.10. The molecule has 4 aliphatic carbocycles. The first-order chi connectivity index (χ1) is 11.8. The van der Waals surface area contributed by atoms with Crippen molar-refractivity contribution < 1.29 is 9.53 Å². The zero-order chi connectivity index (χ0) is 17.8. The van der Waals surface area contributed by atoms with Gasteiger partial charge in [0.1, 0.15) is 0 Å².